The van der Waals surface area contributed by atoms with Gasteiger partial charge >= 0.3 is 0 Å². The molecule has 5 rings (SSSR count). The third-order valence-corrected chi connectivity index (χ3v) is 7.66. The molecule has 8 heteroatoms. The van der Waals surface area contributed by atoms with E-state index in [1.54, 1.807) is 6.07 Å². The molecule has 0 radical (unpaired) electrons. The Morgan fingerprint density at radius 3 is 2.77 bits per heavy atom. The summed E-state index contributed by atoms with van der Waals surface area (Å²) in [5.41, 5.74) is 4.44. The Hall–Kier alpha value is -2.85. The highest BCUT2D eigenvalue weighted by Gasteiger charge is 2.27. The maximum atomic E-state index is 12.9. The van der Waals surface area contributed by atoms with Crippen molar-refractivity contribution < 1.29 is 4.79 Å². The highest BCUT2D eigenvalue weighted by molar-refractivity contribution is 6.35. The number of aromatic nitrogens is 2. The molecule has 1 N–H and O–H groups in total. The quantitative estimate of drug-likeness (QED) is 0.499. The molecule has 180 valence electrons. The molecule has 0 saturated carbocycles. The van der Waals surface area contributed by atoms with E-state index in [2.05, 4.69) is 28.6 Å². The third kappa shape index (κ3) is 4.69. The van der Waals surface area contributed by atoms with E-state index in [1.807, 2.05) is 40.8 Å². The number of hydrogen-bond donors (Lipinski definition) is 1. The van der Waals surface area contributed by atoms with Crippen LogP contribution in [0.2, 0.25) is 10.0 Å². The van der Waals surface area contributed by atoms with Gasteiger partial charge in [0.25, 0.3) is 0 Å². The van der Waals surface area contributed by atoms with Gasteiger partial charge in [0.2, 0.25) is 5.91 Å². The van der Waals surface area contributed by atoms with Crippen molar-refractivity contribution in [3.05, 3.63) is 69.3 Å². The van der Waals surface area contributed by atoms with E-state index in [-0.39, 0.29) is 18.0 Å². The van der Waals surface area contributed by atoms with Crippen LogP contribution in [0, 0.1) is 11.3 Å². The topological polar surface area (TPSA) is 74.0 Å². The Labute approximate surface area is 215 Å². The first-order valence-corrected chi connectivity index (χ1v) is 12.8. The van der Waals surface area contributed by atoms with Crippen LogP contribution < -0.4 is 5.32 Å². The lowest BCUT2D eigenvalue weighted by atomic mass is 9.97. The fraction of sp³-hybridized carbons (Fsp3) is 0.370. The SMILES string of the molecule is C[C@H](c1ccc(Cl)cc1Cl)n1nc(C#N)c2ccc(C3=CCN(C(=O)[C@H]4CCCCN4)CC3)cc21. The molecule has 6 nitrogen and oxygen atoms in total. The summed E-state index contributed by atoms with van der Waals surface area (Å²) in [7, 11) is 0. The molecule has 2 aliphatic heterocycles. The van der Waals surface area contributed by atoms with Gasteiger partial charge in [-0.25, -0.2) is 0 Å². The lowest BCUT2D eigenvalue weighted by Gasteiger charge is -2.32. The fourth-order valence-corrected chi connectivity index (χ4v) is 5.67. The largest absolute Gasteiger partial charge is 0.337 e. The van der Waals surface area contributed by atoms with Crippen molar-refractivity contribution in [3.8, 4) is 6.07 Å². The van der Waals surface area contributed by atoms with Crippen molar-refractivity contribution >= 4 is 45.6 Å². The first-order valence-electron chi connectivity index (χ1n) is 12.0. The second kappa shape index (κ2) is 10.0. The van der Waals surface area contributed by atoms with Crippen LogP contribution in [0.4, 0.5) is 0 Å². The summed E-state index contributed by atoms with van der Waals surface area (Å²) in [4.78, 5) is 14.8. The van der Waals surface area contributed by atoms with Crippen LogP contribution in [0.25, 0.3) is 16.5 Å². The van der Waals surface area contributed by atoms with Crippen LogP contribution in [0.5, 0.6) is 0 Å². The van der Waals surface area contributed by atoms with E-state index < -0.39 is 0 Å². The second-order valence-corrected chi connectivity index (χ2v) is 10.1. The average molecular weight is 508 g/mol. The van der Waals surface area contributed by atoms with Crippen LogP contribution >= 0.6 is 23.2 Å². The van der Waals surface area contributed by atoms with Crippen molar-refractivity contribution in [2.75, 3.05) is 19.6 Å². The normalized spacial score (nSPS) is 19.3. The summed E-state index contributed by atoms with van der Waals surface area (Å²) >= 11 is 12.6. The molecule has 1 amide bonds. The highest BCUT2D eigenvalue weighted by atomic mass is 35.5. The van der Waals surface area contributed by atoms with Crippen molar-refractivity contribution in [1.82, 2.24) is 20.0 Å². The number of piperidine rings is 1. The summed E-state index contributed by atoms with van der Waals surface area (Å²) < 4.78 is 1.86. The van der Waals surface area contributed by atoms with Crippen LogP contribution in [0.15, 0.2) is 42.5 Å². The summed E-state index contributed by atoms with van der Waals surface area (Å²) in [6.07, 6.45) is 6.11. The highest BCUT2D eigenvalue weighted by Crippen LogP contribution is 2.33. The van der Waals surface area contributed by atoms with Gasteiger partial charge in [-0.2, -0.15) is 10.4 Å². The van der Waals surface area contributed by atoms with Gasteiger partial charge in [0.1, 0.15) is 6.07 Å². The van der Waals surface area contributed by atoms with Gasteiger partial charge in [-0.1, -0.05) is 47.8 Å². The first-order chi connectivity index (χ1) is 17.0. The molecule has 2 atom stereocenters. The van der Waals surface area contributed by atoms with Gasteiger partial charge in [0.05, 0.1) is 17.6 Å². The Morgan fingerprint density at radius 2 is 2.09 bits per heavy atom. The minimum atomic E-state index is -0.184. The van der Waals surface area contributed by atoms with Gasteiger partial charge in [0, 0.05) is 28.5 Å². The van der Waals surface area contributed by atoms with Crippen molar-refractivity contribution in [1.29, 1.82) is 5.26 Å². The molecule has 1 saturated heterocycles. The molecule has 2 aliphatic rings. The zero-order chi connectivity index (χ0) is 24.5. The minimum Gasteiger partial charge on any atom is -0.337 e. The summed E-state index contributed by atoms with van der Waals surface area (Å²) in [5, 5.41) is 19.6. The summed E-state index contributed by atoms with van der Waals surface area (Å²) in [5.74, 6) is 0.209. The van der Waals surface area contributed by atoms with Gasteiger partial charge in [-0.15, -0.1) is 0 Å². The zero-order valence-electron chi connectivity index (χ0n) is 19.6. The molecule has 0 unspecified atom stereocenters. The maximum Gasteiger partial charge on any atom is 0.239 e. The molecule has 3 aromatic rings. The lowest BCUT2D eigenvalue weighted by molar-refractivity contribution is -0.133. The Morgan fingerprint density at radius 1 is 1.23 bits per heavy atom. The van der Waals surface area contributed by atoms with Crippen LogP contribution in [0.1, 0.15) is 55.5 Å². The lowest BCUT2D eigenvalue weighted by Crippen LogP contribution is -2.49. The molecule has 1 aromatic heterocycles. The molecule has 0 spiro atoms. The number of rotatable bonds is 4. The number of carbonyl (C=O) groups is 1. The molecule has 2 aromatic carbocycles. The monoisotopic (exact) mass is 507 g/mol. The van der Waals surface area contributed by atoms with E-state index in [0.717, 1.165) is 54.3 Å². The standard InChI is InChI=1S/C27H27Cl2N5O/c1-17(21-8-6-20(28)15-23(21)29)34-26-14-19(5-7-22(26)25(16-30)32-34)18-9-12-33(13-10-18)27(35)24-4-2-3-11-31-24/h5-9,14-15,17,24,31H,2-4,10-13H2,1H3/t17-,24-/m1/s1. The van der Waals surface area contributed by atoms with Crippen molar-refractivity contribution in [3.63, 3.8) is 0 Å². The van der Waals surface area contributed by atoms with Gasteiger partial charge < -0.3 is 10.2 Å². The van der Waals surface area contributed by atoms with Crippen LogP contribution in [0.3, 0.4) is 0 Å². The van der Waals surface area contributed by atoms with E-state index in [9.17, 15) is 10.1 Å². The average Bonchev–Trinajstić information content (AvgIpc) is 3.26. The van der Waals surface area contributed by atoms with Crippen LogP contribution in [-0.4, -0.2) is 46.3 Å². The maximum absolute atomic E-state index is 12.9. The van der Waals surface area contributed by atoms with Crippen molar-refractivity contribution in [2.45, 2.75) is 44.7 Å². The number of amides is 1. The molecule has 35 heavy (non-hydrogen) atoms. The van der Waals surface area contributed by atoms with Crippen LogP contribution in [-0.2, 0) is 4.79 Å². The molecule has 3 heterocycles. The molecule has 0 bridgehead atoms. The van der Waals surface area contributed by atoms with E-state index in [1.165, 1.54) is 5.57 Å². The van der Waals surface area contributed by atoms with Crippen molar-refractivity contribution in [2.24, 2.45) is 0 Å². The number of benzene rings is 2. The summed E-state index contributed by atoms with van der Waals surface area (Å²) in [6, 6.07) is 13.5. The fourth-order valence-electron chi connectivity index (χ4n) is 5.10. The number of carbonyl (C=O) groups excluding carboxylic acids is 1. The number of halogens is 2. The second-order valence-electron chi connectivity index (χ2n) is 9.24. The Kier molecular flexibility index (Phi) is 6.84. The molecular formula is C27H27Cl2N5O. The van der Waals surface area contributed by atoms with E-state index in [0.29, 0.717) is 28.8 Å². The van der Waals surface area contributed by atoms with Gasteiger partial charge in [-0.3, -0.25) is 9.48 Å². The first kappa shape index (κ1) is 23.9. The Bertz CT molecular complexity index is 1350. The molecule has 0 aliphatic carbocycles. The third-order valence-electron chi connectivity index (χ3n) is 7.09. The number of nitrogens with one attached hydrogen (secondary N) is 1. The Balaban J connectivity index is 1.44. The predicted molar refractivity (Wildman–Crippen MR) is 140 cm³/mol. The number of fused-ring (bicyclic) bond motifs is 1. The van der Waals surface area contributed by atoms with E-state index in [4.69, 9.17) is 23.2 Å². The predicted octanol–water partition coefficient (Wildman–Crippen LogP) is 5.58. The smallest absolute Gasteiger partial charge is 0.239 e. The zero-order valence-corrected chi connectivity index (χ0v) is 21.1. The molecule has 1 fully saturated rings. The molecular weight excluding hydrogens is 481 g/mol. The number of nitriles is 1. The number of hydrogen-bond acceptors (Lipinski definition) is 4. The summed E-state index contributed by atoms with van der Waals surface area (Å²) in [6.45, 7) is 4.26. The van der Waals surface area contributed by atoms with E-state index >= 15 is 0 Å². The van der Waals surface area contributed by atoms with Gasteiger partial charge in [0.15, 0.2) is 5.69 Å². The minimum absolute atomic E-state index is 0.0463. The number of nitrogens with zero attached hydrogens (tertiary/aromatic N) is 4. The van der Waals surface area contributed by atoms with Gasteiger partial charge in [-0.05, 0) is 73.7 Å².